The number of unbranched alkanes of at least 4 members (excludes halogenated alkanes) is 1. The van der Waals surface area contributed by atoms with Crippen molar-refractivity contribution in [2.45, 2.75) is 89.9 Å². The van der Waals surface area contributed by atoms with Gasteiger partial charge in [0.25, 0.3) is 0 Å². The summed E-state index contributed by atoms with van der Waals surface area (Å²) in [7, 11) is 0. The molecule has 0 heterocycles. The van der Waals surface area contributed by atoms with Crippen molar-refractivity contribution in [3.8, 4) is 0 Å². The van der Waals surface area contributed by atoms with Crippen LogP contribution in [0.3, 0.4) is 0 Å². The Morgan fingerprint density at radius 1 is 0.885 bits per heavy atom. The Kier molecular flexibility index (Phi) is 3.76. The monoisotopic (exact) mass is 368 g/mol. The molecule has 0 amide bonds. The van der Waals surface area contributed by atoms with Crippen LogP contribution in [0.5, 0.6) is 0 Å². The molecule has 0 radical (unpaired) electrons. The highest BCUT2D eigenvalue weighted by molar-refractivity contribution is 6.28. The molecule has 1 aromatic carbocycles. The fourth-order valence-corrected chi connectivity index (χ4v) is 8.05. The minimum Gasteiger partial charge on any atom is -0.0926 e. The molecule has 0 unspecified atom stereocenters. The van der Waals surface area contributed by atoms with Crippen molar-refractivity contribution in [3.63, 3.8) is 0 Å². The molecule has 26 heavy (non-hydrogen) atoms. The molecule has 6 saturated carbocycles. The Labute approximate surface area is 164 Å². The van der Waals surface area contributed by atoms with Gasteiger partial charge in [-0.15, -0.1) is 0 Å². The van der Waals surface area contributed by atoms with Crippen LogP contribution in [0.4, 0.5) is 0 Å². The summed E-state index contributed by atoms with van der Waals surface area (Å²) in [5.41, 5.74) is 8.64. The number of halogens is 1. The summed E-state index contributed by atoms with van der Waals surface area (Å²) >= 11 is 6.33. The van der Waals surface area contributed by atoms with E-state index in [1.807, 2.05) is 5.54 Å². The Balaban J connectivity index is 1.26. The third-order valence-electron chi connectivity index (χ3n) is 8.61. The molecule has 140 valence electrons. The Hall–Kier alpha value is -0.750. The van der Waals surface area contributed by atoms with Gasteiger partial charge >= 0.3 is 0 Å². The van der Waals surface area contributed by atoms with Crippen LogP contribution in [0, 0.1) is 16.2 Å². The van der Waals surface area contributed by atoms with Crippen molar-refractivity contribution in [3.05, 3.63) is 40.9 Å². The Morgan fingerprint density at radius 2 is 1.50 bits per heavy atom. The third-order valence-corrected chi connectivity index (χ3v) is 8.83. The van der Waals surface area contributed by atoms with Gasteiger partial charge in [0.2, 0.25) is 0 Å². The molecular formula is C25H33Cl. The lowest BCUT2D eigenvalue weighted by Gasteiger charge is -2.72. The zero-order valence-electron chi connectivity index (χ0n) is 16.5. The first-order valence-electron chi connectivity index (χ1n) is 10.9. The van der Waals surface area contributed by atoms with Crippen LogP contribution < -0.4 is 0 Å². The van der Waals surface area contributed by atoms with Crippen molar-refractivity contribution in [2.24, 2.45) is 16.2 Å². The van der Waals surface area contributed by atoms with E-state index in [2.05, 4.69) is 38.1 Å². The average molecular weight is 369 g/mol. The SMILES string of the molecule is CCCCC12CC(c3ccc(/C(=C/Cl)C45CC(CCC)(C4)C5)cc3)(C1)C2. The number of hydrogen-bond donors (Lipinski definition) is 0. The first-order chi connectivity index (χ1) is 12.5. The predicted octanol–water partition coefficient (Wildman–Crippen LogP) is 7.85. The molecule has 6 aliphatic carbocycles. The van der Waals surface area contributed by atoms with Crippen LogP contribution in [0.15, 0.2) is 29.8 Å². The fourth-order valence-electron chi connectivity index (χ4n) is 7.69. The van der Waals surface area contributed by atoms with Gasteiger partial charge in [-0.3, -0.25) is 0 Å². The molecule has 0 spiro atoms. The molecule has 1 heteroatoms. The van der Waals surface area contributed by atoms with E-state index in [1.165, 1.54) is 81.8 Å². The summed E-state index contributed by atoms with van der Waals surface area (Å²) < 4.78 is 0. The molecule has 0 N–H and O–H groups in total. The van der Waals surface area contributed by atoms with Crippen LogP contribution in [-0.4, -0.2) is 0 Å². The lowest BCUT2D eigenvalue weighted by Crippen LogP contribution is -2.64. The highest BCUT2D eigenvalue weighted by atomic mass is 35.5. The molecule has 7 rings (SSSR count). The zero-order valence-corrected chi connectivity index (χ0v) is 17.3. The molecule has 4 bridgehead atoms. The maximum atomic E-state index is 6.33. The van der Waals surface area contributed by atoms with Crippen LogP contribution in [0.1, 0.15) is 95.6 Å². The summed E-state index contributed by atoms with van der Waals surface area (Å²) in [6.07, 6.45) is 15.4. The van der Waals surface area contributed by atoms with Crippen LogP contribution >= 0.6 is 11.6 Å². The van der Waals surface area contributed by atoms with Gasteiger partial charge in [0.1, 0.15) is 0 Å². The Morgan fingerprint density at radius 3 is 2.04 bits per heavy atom. The first kappa shape index (κ1) is 17.4. The Bertz CT molecular complexity index is 698. The van der Waals surface area contributed by atoms with Crippen molar-refractivity contribution in [1.82, 2.24) is 0 Å². The lowest BCUT2D eigenvalue weighted by molar-refractivity contribution is -0.165. The van der Waals surface area contributed by atoms with E-state index in [-0.39, 0.29) is 0 Å². The molecule has 0 aliphatic heterocycles. The predicted molar refractivity (Wildman–Crippen MR) is 111 cm³/mol. The number of rotatable bonds is 8. The molecule has 0 aromatic heterocycles. The van der Waals surface area contributed by atoms with Crippen LogP contribution in [-0.2, 0) is 5.41 Å². The number of hydrogen-bond acceptors (Lipinski definition) is 0. The second-order valence-electron chi connectivity index (χ2n) is 10.6. The minimum absolute atomic E-state index is 0.416. The van der Waals surface area contributed by atoms with Gasteiger partial charge in [-0.05, 0) is 89.7 Å². The summed E-state index contributed by atoms with van der Waals surface area (Å²) in [5.74, 6) is 0. The van der Waals surface area contributed by atoms with Gasteiger partial charge in [0.15, 0.2) is 0 Å². The number of benzene rings is 1. The molecule has 0 saturated heterocycles. The minimum atomic E-state index is 0.416. The van der Waals surface area contributed by atoms with Crippen molar-refractivity contribution >= 4 is 17.2 Å². The van der Waals surface area contributed by atoms with Gasteiger partial charge in [0, 0.05) is 5.54 Å². The summed E-state index contributed by atoms with van der Waals surface area (Å²) in [5, 5.41) is 0. The van der Waals surface area contributed by atoms with Gasteiger partial charge in [-0.25, -0.2) is 0 Å². The maximum absolute atomic E-state index is 6.33. The second kappa shape index (κ2) is 5.63. The van der Waals surface area contributed by atoms with Crippen LogP contribution in [0.2, 0.25) is 0 Å². The van der Waals surface area contributed by atoms with E-state index in [9.17, 15) is 0 Å². The summed E-state index contributed by atoms with van der Waals surface area (Å²) in [6.45, 7) is 4.64. The van der Waals surface area contributed by atoms with E-state index in [4.69, 9.17) is 11.6 Å². The molecule has 6 fully saturated rings. The molecule has 1 aromatic rings. The third kappa shape index (κ3) is 2.20. The lowest BCUT2D eigenvalue weighted by atomic mass is 9.32. The maximum Gasteiger partial charge on any atom is 0.00862 e. The normalized spacial score (nSPS) is 42.3. The molecule has 0 atom stereocenters. The second-order valence-corrected chi connectivity index (χ2v) is 10.8. The zero-order chi connectivity index (χ0) is 18.0. The van der Waals surface area contributed by atoms with Gasteiger partial charge in [-0.2, -0.15) is 0 Å². The summed E-state index contributed by atoms with van der Waals surface area (Å²) in [6, 6.07) is 9.59. The van der Waals surface area contributed by atoms with Gasteiger partial charge in [-0.1, -0.05) is 69.0 Å². The van der Waals surface area contributed by atoms with E-state index in [0.717, 1.165) is 5.41 Å². The van der Waals surface area contributed by atoms with Crippen molar-refractivity contribution in [2.75, 3.05) is 0 Å². The first-order valence-corrected chi connectivity index (χ1v) is 11.4. The van der Waals surface area contributed by atoms with E-state index in [1.54, 1.807) is 5.56 Å². The highest BCUT2D eigenvalue weighted by Gasteiger charge is 2.68. The summed E-state index contributed by atoms with van der Waals surface area (Å²) in [4.78, 5) is 0. The average Bonchev–Trinajstić information content (AvgIpc) is 2.51. The van der Waals surface area contributed by atoms with E-state index in [0.29, 0.717) is 16.2 Å². The van der Waals surface area contributed by atoms with Crippen molar-refractivity contribution in [1.29, 1.82) is 0 Å². The van der Waals surface area contributed by atoms with Gasteiger partial charge < -0.3 is 0 Å². The molecule has 0 nitrogen and oxygen atoms in total. The van der Waals surface area contributed by atoms with Crippen molar-refractivity contribution < 1.29 is 0 Å². The smallest absolute Gasteiger partial charge is 0.00862 e. The number of allylic oxidation sites excluding steroid dienone is 1. The highest BCUT2D eigenvalue weighted by Crippen LogP contribution is 2.79. The van der Waals surface area contributed by atoms with Crippen LogP contribution in [0.25, 0.3) is 5.57 Å². The largest absolute Gasteiger partial charge is 0.0926 e. The van der Waals surface area contributed by atoms with E-state index >= 15 is 0 Å². The molecule has 6 aliphatic rings. The van der Waals surface area contributed by atoms with E-state index < -0.39 is 0 Å². The standard InChI is InChI=1S/C25H33Cl/c1-3-5-11-23-13-24(14-23,15-23)20-8-6-19(7-9-20)21(12-26)25-16-22(17-25,18-25)10-4-2/h6-9,12H,3-5,10-11,13-18H2,1-2H3/b21-12-. The molecular weight excluding hydrogens is 336 g/mol. The topological polar surface area (TPSA) is 0 Å². The fraction of sp³-hybridized carbons (Fsp3) is 0.680. The quantitative estimate of drug-likeness (QED) is 0.438. The van der Waals surface area contributed by atoms with Gasteiger partial charge in [0.05, 0.1) is 0 Å².